The molecule has 0 bridgehead atoms. The summed E-state index contributed by atoms with van der Waals surface area (Å²) in [5, 5.41) is 4.29. The van der Waals surface area contributed by atoms with Crippen molar-refractivity contribution in [3.05, 3.63) is 46.7 Å². The summed E-state index contributed by atoms with van der Waals surface area (Å²) < 4.78 is 13.3. The zero-order valence-corrected chi connectivity index (χ0v) is 11.2. The molecule has 0 aliphatic carbocycles. The number of hydrogen-bond acceptors (Lipinski definition) is 3. The van der Waals surface area contributed by atoms with Gasteiger partial charge in [-0.2, -0.15) is 5.10 Å². The number of rotatable bonds is 4. The maximum absolute atomic E-state index is 5.25. The van der Waals surface area contributed by atoms with Gasteiger partial charge in [0.15, 0.2) is 0 Å². The van der Waals surface area contributed by atoms with Gasteiger partial charge < -0.3 is 9.47 Å². The van der Waals surface area contributed by atoms with Crippen LogP contribution in [0.5, 0.6) is 0 Å². The Morgan fingerprint density at radius 3 is 2.53 bits per heavy atom. The Hall–Kier alpha value is -1.17. The van der Waals surface area contributed by atoms with Crippen molar-refractivity contribution in [2.45, 2.75) is 6.29 Å². The van der Waals surface area contributed by atoms with E-state index >= 15 is 0 Å². The molecule has 4 nitrogen and oxygen atoms in total. The Morgan fingerprint density at radius 1 is 1.18 bits per heavy atom. The van der Waals surface area contributed by atoms with Gasteiger partial charge in [-0.1, -0.05) is 12.1 Å². The van der Waals surface area contributed by atoms with E-state index in [1.807, 2.05) is 30.3 Å². The van der Waals surface area contributed by atoms with Gasteiger partial charge in [0.25, 0.3) is 0 Å². The van der Waals surface area contributed by atoms with Gasteiger partial charge in [0.2, 0.25) is 6.29 Å². The summed E-state index contributed by atoms with van der Waals surface area (Å²) in [5.41, 5.74) is 1.80. The molecule has 0 spiro atoms. The summed E-state index contributed by atoms with van der Waals surface area (Å²) in [6, 6.07) is 9.73. The molecule has 0 N–H and O–H groups in total. The molecule has 2 rings (SSSR count). The first-order chi connectivity index (χ1) is 8.27. The van der Waals surface area contributed by atoms with Crippen molar-refractivity contribution in [3.8, 4) is 5.69 Å². The van der Waals surface area contributed by atoms with Crippen molar-refractivity contribution >= 4 is 15.9 Å². The van der Waals surface area contributed by atoms with E-state index < -0.39 is 6.29 Å². The molecule has 0 aliphatic rings. The molecule has 0 aliphatic heterocycles. The Morgan fingerprint density at radius 2 is 1.88 bits per heavy atom. The fourth-order valence-electron chi connectivity index (χ4n) is 1.65. The molecule has 5 heteroatoms. The summed E-state index contributed by atoms with van der Waals surface area (Å²) in [7, 11) is 3.21. The molecule has 0 saturated carbocycles. The predicted molar refractivity (Wildman–Crippen MR) is 68.0 cm³/mol. The summed E-state index contributed by atoms with van der Waals surface area (Å²) in [5.74, 6) is 0. The topological polar surface area (TPSA) is 36.3 Å². The van der Waals surface area contributed by atoms with Gasteiger partial charge in [-0.15, -0.1) is 0 Å². The average molecular weight is 297 g/mol. The lowest BCUT2D eigenvalue weighted by molar-refractivity contribution is -0.109. The number of ether oxygens (including phenoxy) is 2. The number of methoxy groups -OCH3 is 2. The van der Waals surface area contributed by atoms with Crippen LogP contribution < -0.4 is 0 Å². The van der Waals surface area contributed by atoms with Crippen LogP contribution in [-0.2, 0) is 9.47 Å². The van der Waals surface area contributed by atoms with Gasteiger partial charge in [-0.25, -0.2) is 4.68 Å². The lowest BCUT2D eigenvalue weighted by Crippen LogP contribution is -2.11. The van der Waals surface area contributed by atoms with E-state index in [0.29, 0.717) is 0 Å². The van der Waals surface area contributed by atoms with Crippen LogP contribution in [0.15, 0.2) is 41.0 Å². The molecule has 1 heterocycles. The van der Waals surface area contributed by atoms with Gasteiger partial charge in [0.1, 0.15) is 5.69 Å². The third-order valence-electron chi connectivity index (χ3n) is 2.42. The molecule has 0 unspecified atom stereocenters. The van der Waals surface area contributed by atoms with E-state index in [4.69, 9.17) is 9.47 Å². The van der Waals surface area contributed by atoms with Crippen LogP contribution in [0, 0.1) is 0 Å². The maximum Gasteiger partial charge on any atom is 0.200 e. The van der Waals surface area contributed by atoms with E-state index in [2.05, 4.69) is 21.0 Å². The van der Waals surface area contributed by atoms with Crippen molar-refractivity contribution < 1.29 is 9.47 Å². The smallest absolute Gasteiger partial charge is 0.200 e. The largest absolute Gasteiger partial charge is 0.350 e. The highest BCUT2D eigenvalue weighted by atomic mass is 79.9. The Labute approximate surface area is 108 Å². The molecule has 0 fully saturated rings. The number of halogens is 1. The van der Waals surface area contributed by atoms with E-state index in [0.717, 1.165) is 15.9 Å². The molecule has 0 atom stereocenters. The highest BCUT2D eigenvalue weighted by molar-refractivity contribution is 9.10. The Kier molecular flexibility index (Phi) is 3.93. The van der Waals surface area contributed by atoms with Crippen LogP contribution in [0.3, 0.4) is 0 Å². The number of aromatic nitrogens is 2. The molecular formula is C12H13BrN2O2. The molecule has 90 valence electrons. The molecule has 0 radical (unpaired) electrons. The Balaban J connectivity index is 2.47. The zero-order chi connectivity index (χ0) is 12.3. The highest BCUT2D eigenvalue weighted by Crippen LogP contribution is 2.25. The van der Waals surface area contributed by atoms with Crippen LogP contribution in [0.4, 0.5) is 0 Å². The van der Waals surface area contributed by atoms with Crippen LogP contribution in [0.2, 0.25) is 0 Å². The number of benzene rings is 1. The summed E-state index contributed by atoms with van der Waals surface area (Å²) in [4.78, 5) is 0. The predicted octanol–water partition coefficient (Wildman–Crippen LogP) is 2.93. The number of para-hydroxylation sites is 1. The standard InChI is InChI=1S/C12H13BrN2O2/c1-16-12(17-2)11-7-8-14-15(11)10-6-4-3-5-9(10)13/h3-8,12H,1-2H3. The lowest BCUT2D eigenvalue weighted by Gasteiger charge is -2.16. The molecule has 17 heavy (non-hydrogen) atoms. The Bertz CT molecular complexity index is 495. The molecule has 2 aromatic rings. The lowest BCUT2D eigenvalue weighted by atomic mass is 10.3. The minimum Gasteiger partial charge on any atom is -0.350 e. The van der Waals surface area contributed by atoms with Gasteiger partial charge in [-0.3, -0.25) is 0 Å². The van der Waals surface area contributed by atoms with Crippen molar-refractivity contribution in [3.63, 3.8) is 0 Å². The van der Waals surface area contributed by atoms with E-state index in [1.54, 1.807) is 25.1 Å². The zero-order valence-electron chi connectivity index (χ0n) is 9.63. The second-order valence-corrected chi connectivity index (χ2v) is 4.28. The molecule has 1 aromatic heterocycles. The van der Waals surface area contributed by atoms with Gasteiger partial charge >= 0.3 is 0 Å². The quantitative estimate of drug-likeness (QED) is 0.814. The molecule has 0 amide bonds. The normalized spacial score (nSPS) is 11.1. The fraction of sp³-hybridized carbons (Fsp3) is 0.250. The van der Waals surface area contributed by atoms with Crippen molar-refractivity contribution in [1.82, 2.24) is 9.78 Å². The monoisotopic (exact) mass is 296 g/mol. The second-order valence-electron chi connectivity index (χ2n) is 3.42. The number of nitrogens with zero attached hydrogens (tertiary/aromatic N) is 2. The highest BCUT2D eigenvalue weighted by Gasteiger charge is 2.16. The minimum atomic E-state index is -0.426. The maximum atomic E-state index is 5.25. The molecule has 1 aromatic carbocycles. The van der Waals surface area contributed by atoms with Gasteiger partial charge in [0, 0.05) is 24.9 Å². The summed E-state index contributed by atoms with van der Waals surface area (Å²) in [6.07, 6.45) is 1.30. The molecule has 0 saturated heterocycles. The van der Waals surface area contributed by atoms with Crippen LogP contribution in [0.25, 0.3) is 5.69 Å². The van der Waals surface area contributed by atoms with E-state index in [1.165, 1.54) is 0 Å². The van der Waals surface area contributed by atoms with Crippen molar-refractivity contribution in [1.29, 1.82) is 0 Å². The first-order valence-corrected chi connectivity index (χ1v) is 5.91. The van der Waals surface area contributed by atoms with Crippen molar-refractivity contribution in [2.24, 2.45) is 0 Å². The fourth-order valence-corrected chi connectivity index (χ4v) is 2.11. The summed E-state index contributed by atoms with van der Waals surface area (Å²) in [6.45, 7) is 0. The summed E-state index contributed by atoms with van der Waals surface area (Å²) >= 11 is 3.50. The van der Waals surface area contributed by atoms with Crippen molar-refractivity contribution in [2.75, 3.05) is 14.2 Å². The van der Waals surface area contributed by atoms with Crippen LogP contribution in [0.1, 0.15) is 12.0 Å². The third kappa shape index (κ3) is 2.41. The first kappa shape index (κ1) is 12.3. The average Bonchev–Trinajstić information content (AvgIpc) is 2.80. The first-order valence-electron chi connectivity index (χ1n) is 5.12. The molecular weight excluding hydrogens is 284 g/mol. The van der Waals surface area contributed by atoms with Crippen LogP contribution in [-0.4, -0.2) is 24.0 Å². The van der Waals surface area contributed by atoms with E-state index in [9.17, 15) is 0 Å². The van der Waals surface area contributed by atoms with Gasteiger partial charge in [0.05, 0.1) is 5.69 Å². The number of hydrogen-bond donors (Lipinski definition) is 0. The third-order valence-corrected chi connectivity index (χ3v) is 3.09. The SMILES string of the molecule is COC(OC)c1ccnn1-c1ccccc1Br. The second kappa shape index (κ2) is 5.44. The minimum absolute atomic E-state index is 0.426. The van der Waals surface area contributed by atoms with Gasteiger partial charge in [-0.05, 0) is 34.1 Å². The van der Waals surface area contributed by atoms with Crippen LogP contribution >= 0.6 is 15.9 Å². The van der Waals surface area contributed by atoms with E-state index in [-0.39, 0.29) is 0 Å².